The molecule has 5 heteroatoms. The van der Waals surface area contributed by atoms with Crippen LogP contribution < -0.4 is 10.6 Å². The van der Waals surface area contributed by atoms with Gasteiger partial charge >= 0.3 is 6.03 Å². The summed E-state index contributed by atoms with van der Waals surface area (Å²) in [4.78, 5) is 23.2. The quantitative estimate of drug-likeness (QED) is 0.428. The molecular weight excluding hydrogens is 158 g/mol. The highest BCUT2D eigenvalue weighted by Crippen LogP contribution is 1.99. The van der Waals surface area contributed by atoms with Crippen LogP contribution >= 0.6 is 0 Å². The normalized spacial score (nSPS) is 16.9. The first kappa shape index (κ1) is 8.99. The van der Waals surface area contributed by atoms with Gasteiger partial charge in [-0.3, -0.25) is 9.69 Å². The van der Waals surface area contributed by atoms with Gasteiger partial charge in [-0.05, 0) is 20.0 Å². The molecule has 1 fully saturated rings. The average Bonchev–Trinajstić information content (AvgIpc) is 2.35. The molecule has 0 aromatic heterocycles. The summed E-state index contributed by atoms with van der Waals surface area (Å²) in [5.74, 6) is -0.129. The van der Waals surface area contributed by atoms with Crippen LogP contribution in [0.5, 0.6) is 0 Å². The summed E-state index contributed by atoms with van der Waals surface area (Å²) in [6.07, 6.45) is 0.801. The summed E-state index contributed by atoms with van der Waals surface area (Å²) in [6, 6.07) is -0.267. The van der Waals surface area contributed by atoms with Crippen LogP contribution in [0.4, 0.5) is 4.79 Å². The van der Waals surface area contributed by atoms with Gasteiger partial charge in [0, 0.05) is 6.54 Å². The molecule has 0 aliphatic carbocycles. The first-order valence-corrected chi connectivity index (χ1v) is 3.98. The van der Waals surface area contributed by atoms with E-state index in [0.29, 0.717) is 6.54 Å². The number of nitrogens with one attached hydrogen (secondary N) is 2. The zero-order valence-corrected chi connectivity index (χ0v) is 7.09. The van der Waals surface area contributed by atoms with Crippen molar-refractivity contribution in [3.05, 3.63) is 0 Å². The van der Waals surface area contributed by atoms with E-state index in [4.69, 9.17) is 0 Å². The lowest BCUT2D eigenvalue weighted by atomic mass is 10.4. The van der Waals surface area contributed by atoms with E-state index >= 15 is 0 Å². The summed E-state index contributed by atoms with van der Waals surface area (Å²) < 4.78 is 0. The lowest BCUT2D eigenvalue weighted by Crippen LogP contribution is -2.33. The van der Waals surface area contributed by atoms with Gasteiger partial charge in [-0.1, -0.05) is 0 Å². The van der Waals surface area contributed by atoms with Crippen LogP contribution in [0.3, 0.4) is 0 Å². The molecule has 0 spiro atoms. The van der Waals surface area contributed by atoms with Crippen molar-refractivity contribution in [1.82, 2.24) is 15.5 Å². The van der Waals surface area contributed by atoms with Gasteiger partial charge in [0.25, 0.3) is 0 Å². The average molecular weight is 171 g/mol. The fraction of sp³-hybridized carbons (Fsp3) is 0.714. The Bertz CT molecular complexity index is 177. The van der Waals surface area contributed by atoms with Gasteiger partial charge in [0.05, 0.1) is 6.54 Å². The molecule has 0 radical (unpaired) electrons. The lowest BCUT2D eigenvalue weighted by molar-refractivity contribution is -0.125. The van der Waals surface area contributed by atoms with Crippen LogP contribution in [0.15, 0.2) is 0 Å². The lowest BCUT2D eigenvalue weighted by Gasteiger charge is -2.10. The van der Waals surface area contributed by atoms with Gasteiger partial charge in [0.15, 0.2) is 0 Å². The molecule has 0 saturated carbocycles. The van der Waals surface area contributed by atoms with Crippen molar-refractivity contribution in [2.24, 2.45) is 0 Å². The Morgan fingerprint density at radius 1 is 1.58 bits per heavy atom. The number of imide groups is 1. The summed E-state index contributed by atoms with van der Waals surface area (Å²) >= 11 is 0. The first-order valence-electron chi connectivity index (χ1n) is 3.98. The summed E-state index contributed by atoms with van der Waals surface area (Å²) in [5, 5.41) is 5.41. The largest absolute Gasteiger partial charge is 0.329 e. The number of rotatable bonds is 4. The van der Waals surface area contributed by atoms with Gasteiger partial charge in [0.2, 0.25) is 5.91 Å². The van der Waals surface area contributed by atoms with Gasteiger partial charge in [-0.15, -0.1) is 0 Å². The molecule has 0 atom stereocenters. The van der Waals surface area contributed by atoms with E-state index in [0.717, 1.165) is 13.0 Å². The Labute approximate surface area is 71.1 Å². The minimum absolute atomic E-state index is 0.129. The second-order valence-corrected chi connectivity index (χ2v) is 2.66. The van der Waals surface area contributed by atoms with E-state index in [1.165, 1.54) is 4.90 Å². The minimum Gasteiger partial charge on any atom is -0.329 e. The molecule has 3 amide bonds. The van der Waals surface area contributed by atoms with Crippen molar-refractivity contribution >= 4 is 11.9 Å². The Hall–Kier alpha value is -1.10. The Balaban J connectivity index is 2.30. The molecule has 68 valence electrons. The zero-order valence-electron chi connectivity index (χ0n) is 7.09. The summed E-state index contributed by atoms with van der Waals surface area (Å²) in [7, 11) is 1.84. The standard InChI is InChI=1S/C7H13N3O2/c1-8-3-2-4-10-6(11)5-9-7(10)12/h8H,2-5H2,1H3,(H,9,12). The maximum absolute atomic E-state index is 11.0. The fourth-order valence-electron chi connectivity index (χ4n) is 1.10. The number of hydrogen-bond acceptors (Lipinski definition) is 3. The number of nitrogens with zero attached hydrogens (tertiary/aromatic N) is 1. The van der Waals surface area contributed by atoms with Crippen LogP contribution in [0, 0.1) is 0 Å². The number of hydrogen-bond donors (Lipinski definition) is 2. The van der Waals surface area contributed by atoms with Crippen LogP contribution in [0.25, 0.3) is 0 Å². The smallest absolute Gasteiger partial charge is 0.324 e. The number of carbonyl (C=O) groups excluding carboxylic acids is 2. The first-order chi connectivity index (χ1) is 5.75. The van der Waals surface area contributed by atoms with E-state index in [9.17, 15) is 9.59 Å². The minimum atomic E-state index is -0.267. The molecule has 0 aromatic carbocycles. The van der Waals surface area contributed by atoms with Gasteiger partial charge in [0.1, 0.15) is 0 Å². The topological polar surface area (TPSA) is 61.4 Å². The number of urea groups is 1. The second-order valence-electron chi connectivity index (χ2n) is 2.66. The van der Waals surface area contributed by atoms with E-state index in [2.05, 4.69) is 10.6 Å². The van der Waals surface area contributed by atoms with Crippen LogP contribution in [-0.4, -0.2) is 43.5 Å². The van der Waals surface area contributed by atoms with E-state index in [-0.39, 0.29) is 18.5 Å². The van der Waals surface area contributed by atoms with Gasteiger partial charge in [-0.25, -0.2) is 4.79 Å². The van der Waals surface area contributed by atoms with Crippen molar-refractivity contribution in [1.29, 1.82) is 0 Å². The third kappa shape index (κ3) is 1.94. The predicted molar refractivity (Wildman–Crippen MR) is 43.7 cm³/mol. The molecule has 1 saturated heterocycles. The third-order valence-corrected chi connectivity index (χ3v) is 1.75. The van der Waals surface area contributed by atoms with Crippen molar-refractivity contribution < 1.29 is 9.59 Å². The maximum atomic E-state index is 11.0. The molecule has 0 unspecified atom stereocenters. The maximum Gasteiger partial charge on any atom is 0.324 e. The van der Waals surface area contributed by atoms with E-state index in [1.807, 2.05) is 7.05 Å². The van der Waals surface area contributed by atoms with Crippen LogP contribution in [-0.2, 0) is 4.79 Å². The van der Waals surface area contributed by atoms with Crippen LogP contribution in [0.1, 0.15) is 6.42 Å². The summed E-state index contributed by atoms with van der Waals surface area (Å²) in [6.45, 7) is 1.47. The van der Waals surface area contributed by atoms with E-state index < -0.39 is 0 Å². The van der Waals surface area contributed by atoms with Crippen molar-refractivity contribution in [3.63, 3.8) is 0 Å². The Morgan fingerprint density at radius 2 is 2.33 bits per heavy atom. The molecular formula is C7H13N3O2. The predicted octanol–water partition coefficient (Wildman–Crippen LogP) is -0.852. The third-order valence-electron chi connectivity index (χ3n) is 1.75. The van der Waals surface area contributed by atoms with E-state index in [1.54, 1.807) is 0 Å². The molecule has 0 aromatic rings. The Kier molecular flexibility index (Phi) is 3.04. The number of amides is 3. The molecule has 1 rings (SSSR count). The molecule has 5 nitrogen and oxygen atoms in total. The molecule has 12 heavy (non-hydrogen) atoms. The van der Waals surface area contributed by atoms with Crippen molar-refractivity contribution in [2.45, 2.75) is 6.42 Å². The number of carbonyl (C=O) groups is 2. The van der Waals surface area contributed by atoms with Gasteiger partial charge in [-0.2, -0.15) is 0 Å². The van der Waals surface area contributed by atoms with Crippen LogP contribution in [0.2, 0.25) is 0 Å². The van der Waals surface area contributed by atoms with Gasteiger partial charge < -0.3 is 10.6 Å². The SMILES string of the molecule is CNCCCN1C(=O)CNC1=O. The monoisotopic (exact) mass is 171 g/mol. The summed E-state index contributed by atoms with van der Waals surface area (Å²) in [5.41, 5.74) is 0. The zero-order chi connectivity index (χ0) is 8.97. The van der Waals surface area contributed by atoms with Crippen molar-refractivity contribution in [2.75, 3.05) is 26.7 Å². The fourth-order valence-corrected chi connectivity index (χ4v) is 1.10. The second kappa shape index (κ2) is 4.06. The molecule has 1 heterocycles. The molecule has 1 aliphatic rings. The van der Waals surface area contributed by atoms with Crippen molar-refractivity contribution in [3.8, 4) is 0 Å². The highest BCUT2D eigenvalue weighted by molar-refractivity contribution is 6.01. The molecule has 2 N–H and O–H groups in total. The highest BCUT2D eigenvalue weighted by Gasteiger charge is 2.27. The highest BCUT2D eigenvalue weighted by atomic mass is 16.2. The Morgan fingerprint density at radius 3 is 2.83 bits per heavy atom. The molecule has 0 bridgehead atoms. The molecule has 1 aliphatic heterocycles.